The molecule has 66 valence electrons. The Morgan fingerprint density at radius 1 is 1.64 bits per heavy atom. The third-order valence-electron chi connectivity index (χ3n) is 1.56. The molecular weight excluding hydrogens is 162 g/mol. The van der Waals surface area contributed by atoms with E-state index in [1.807, 2.05) is 13.8 Å². The predicted molar refractivity (Wildman–Crippen MR) is 48.7 cm³/mol. The van der Waals surface area contributed by atoms with Gasteiger partial charge in [-0.05, 0) is 5.92 Å². The summed E-state index contributed by atoms with van der Waals surface area (Å²) < 4.78 is 0. The van der Waals surface area contributed by atoms with Crippen LogP contribution in [0.1, 0.15) is 13.8 Å². The molecule has 0 aromatic heterocycles. The minimum absolute atomic E-state index is 0.116. The number of halogens is 1. The van der Waals surface area contributed by atoms with Gasteiger partial charge in [0.25, 0.3) is 0 Å². The van der Waals surface area contributed by atoms with Gasteiger partial charge in [0.1, 0.15) is 0 Å². The Balaban J connectivity index is 3.61. The summed E-state index contributed by atoms with van der Waals surface area (Å²) in [6.45, 7) is 8.34. The molecule has 0 unspecified atom stereocenters. The predicted octanol–water partition coefficient (Wildman–Crippen LogP) is 1.35. The Morgan fingerprint density at radius 2 is 2.18 bits per heavy atom. The molecule has 0 aliphatic carbocycles. The number of aliphatic hydroxyl groups is 1. The van der Waals surface area contributed by atoms with Gasteiger partial charge in [-0.2, -0.15) is 0 Å². The second kappa shape index (κ2) is 5.58. The van der Waals surface area contributed by atoms with Gasteiger partial charge < -0.3 is 10.4 Å². The van der Waals surface area contributed by atoms with Gasteiger partial charge in [0, 0.05) is 17.6 Å². The lowest BCUT2D eigenvalue weighted by atomic mass is 10.1. The van der Waals surface area contributed by atoms with Crippen LogP contribution >= 0.6 is 11.6 Å². The first-order chi connectivity index (χ1) is 5.07. The summed E-state index contributed by atoms with van der Waals surface area (Å²) in [5, 5.41) is 12.5. The molecule has 0 spiro atoms. The van der Waals surface area contributed by atoms with Crippen molar-refractivity contribution in [2.45, 2.75) is 19.9 Å². The highest BCUT2D eigenvalue weighted by molar-refractivity contribution is 6.29. The van der Waals surface area contributed by atoms with Gasteiger partial charge in [0.05, 0.1) is 6.61 Å². The Kier molecular flexibility index (Phi) is 5.56. The van der Waals surface area contributed by atoms with Crippen molar-refractivity contribution >= 4 is 11.6 Å². The van der Waals surface area contributed by atoms with Crippen molar-refractivity contribution in [3.05, 3.63) is 11.6 Å². The van der Waals surface area contributed by atoms with E-state index in [1.165, 1.54) is 0 Å². The Bertz CT molecular complexity index is 125. The third-order valence-corrected chi connectivity index (χ3v) is 1.69. The summed E-state index contributed by atoms with van der Waals surface area (Å²) in [6, 6.07) is 0.116. The third kappa shape index (κ3) is 5.24. The number of hydrogen-bond acceptors (Lipinski definition) is 2. The van der Waals surface area contributed by atoms with E-state index >= 15 is 0 Å². The first kappa shape index (κ1) is 11.0. The SMILES string of the molecule is C=C(Cl)CN[C@H](CO)C(C)C. The average molecular weight is 178 g/mol. The van der Waals surface area contributed by atoms with Gasteiger partial charge in [-0.3, -0.25) is 0 Å². The quantitative estimate of drug-likeness (QED) is 0.665. The molecule has 0 fully saturated rings. The lowest BCUT2D eigenvalue weighted by molar-refractivity contribution is 0.214. The maximum absolute atomic E-state index is 8.87. The van der Waals surface area contributed by atoms with E-state index in [4.69, 9.17) is 16.7 Å². The Labute approximate surface area is 73.3 Å². The van der Waals surface area contributed by atoms with Crippen LogP contribution in [0, 0.1) is 5.92 Å². The van der Waals surface area contributed by atoms with Gasteiger partial charge in [-0.15, -0.1) is 0 Å². The van der Waals surface area contributed by atoms with Crippen molar-refractivity contribution in [3.63, 3.8) is 0 Å². The molecule has 0 aromatic carbocycles. The van der Waals surface area contributed by atoms with Crippen LogP contribution in [0.5, 0.6) is 0 Å². The minimum atomic E-state index is 0.116. The van der Waals surface area contributed by atoms with Crippen molar-refractivity contribution in [1.29, 1.82) is 0 Å². The molecule has 11 heavy (non-hydrogen) atoms. The van der Waals surface area contributed by atoms with E-state index in [1.54, 1.807) is 0 Å². The standard InChI is InChI=1S/C8H16ClNO/c1-6(2)8(5-11)10-4-7(3)9/h6,8,10-11H,3-5H2,1-2H3/t8-/m1/s1. The summed E-state index contributed by atoms with van der Waals surface area (Å²) in [4.78, 5) is 0. The van der Waals surface area contributed by atoms with Crippen molar-refractivity contribution < 1.29 is 5.11 Å². The number of rotatable bonds is 5. The molecule has 0 bridgehead atoms. The van der Waals surface area contributed by atoms with Crippen molar-refractivity contribution in [2.24, 2.45) is 5.92 Å². The highest BCUT2D eigenvalue weighted by Gasteiger charge is 2.10. The van der Waals surface area contributed by atoms with Gasteiger partial charge in [0.2, 0.25) is 0 Å². The summed E-state index contributed by atoms with van der Waals surface area (Å²) in [5.41, 5.74) is 0. The van der Waals surface area contributed by atoms with Gasteiger partial charge in [-0.25, -0.2) is 0 Å². The number of hydrogen-bond donors (Lipinski definition) is 2. The lowest BCUT2D eigenvalue weighted by Crippen LogP contribution is -2.37. The van der Waals surface area contributed by atoms with Crippen molar-refractivity contribution in [3.8, 4) is 0 Å². The van der Waals surface area contributed by atoms with Crippen LogP contribution < -0.4 is 5.32 Å². The summed E-state index contributed by atoms with van der Waals surface area (Å²) in [7, 11) is 0. The second-order valence-electron chi connectivity index (χ2n) is 2.93. The molecule has 0 rings (SSSR count). The lowest BCUT2D eigenvalue weighted by Gasteiger charge is -2.19. The molecule has 1 atom stereocenters. The molecule has 0 amide bonds. The molecule has 2 nitrogen and oxygen atoms in total. The topological polar surface area (TPSA) is 32.3 Å². The van der Waals surface area contributed by atoms with E-state index in [-0.39, 0.29) is 12.6 Å². The molecule has 2 N–H and O–H groups in total. The molecule has 0 saturated carbocycles. The Hall–Kier alpha value is -0.0500. The highest BCUT2D eigenvalue weighted by atomic mass is 35.5. The van der Waals surface area contributed by atoms with Gasteiger partial charge in [0.15, 0.2) is 0 Å². The van der Waals surface area contributed by atoms with Crippen LogP contribution in [-0.4, -0.2) is 24.3 Å². The molecule has 0 heterocycles. The fourth-order valence-electron chi connectivity index (χ4n) is 0.753. The van der Waals surface area contributed by atoms with E-state index in [9.17, 15) is 0 Å². The average Bonchev–Trinajstić information content (AvgIpc) is 1.87. The normalized spacial score (nSPS) is 13.5. The number of nitrogens with one attached hydrogen (secondary N) is 1. The van der Waals surface area contributed by atoms with E-state index in [0.717, 1.165) is 0 Å². The van der Waals surface area contributed by atoms with Gasteiger partial charge in [-0.1, -0.05) is 32.0 Å². The second-order valence-corrected chi connectivity index (χ2v) is 3.47. The Morgan fingerprint density at radius 3 is 2.45 bits per heavy atom. The van der Waals surface area contributed by atoms with Crippen LogP contribution in [-0.2, 0) is 0 Å². The highest BCUT2D eigenvalue weighted by Crippen LogP contribution is 2.01. The van der Waals surface area contributed by atoms with E-state index < -0.39 is 0 Å². The van der Waals surface area contributed by atoms with Crippen LogP contribution in [0.25, 0.3) is 0 Å². The fourth-order valence-corrected chi connectivity index (χ4v) is 0.830. The number of aliphatic hydroxyl groups excluding tert-OH is 1. The maximum atomic E-state index is 8.87. The first-order valence-corrected chi connectivity index (χ1v) is 4.13. The zero-order chi connectivity index (χ0) is 8.85. The summed E-state index contributed by atoms with van der Waals surface area (Å²) in [5.74, 6) is 0.413. The molecular formula is C8H16ClNO. The monoisotopic (exact) mass is 177 g/mol. The first-order valence-electron chi connectivity index (χ1n) is 3.75. The van der Waals surface area contributed by atoms with Crippen LogP contribution in [0.3, 0.4) is 0 Å². The van der Waals surface area contributed by atoms with Crippen LogP contribution in [0.15, 0.2) is 11.6 Å². The summed E-state index contributed by atoms with van der Waals surface area (Å²) >= 11 is 5.54. The zero-order valence-electron chi connectivity index (χ0n) is 7.10. The smallest absolute Gasteiger partial charge is 0.0587 e. The van der Waals surface area contributed by atoms with Crippen molar-refractivity contribution in [1.82, 2.24) is 5.32 Å². The van der Waals surface area contributed by atoms with E-state index in [2.05, 4.69) is 11.9 Å². The van der Waals surface area contributed by atoms with Crippen LogP contribution in [0.2, 0.25) is 0 Å². The van der Waals surface area contributed by atoms with Crippen molar-refractivity contribution in [2.75, 3.05) is 13.2 Å². The fraction of sp³-hybridized carbons (Fsp3) is 0.750. The largest absolute Gasteiger partial charge is 0.395 e. The molecule has 0 aliphatic heterocycles. The van der Waals surface area contributed by atoms with Crippen LogP contribution in [0.4, 0.5) is 0 Å². The maximum Gasteiger partial charge on any atom is 0.0587 e. The molecule has 0 radical (unpaired) electrons. The molecule has 3 heteroatoms. The summed E-state index contributed by atoms with van der Waals surface area (Å²) in [6.07, 6.45) is 0. The molecule has 0 aromatic rings. The van der Waals surface area contributed by atoms with Gasteiger partial charge >= 0.3 is 0 Å². The van der Waals surface area contributed by atoms with E-state index in [0.29, 0.717) is 17.5 Å². The molecule has 0 aliphatic rings. The molecule has 0 saturated heterocycles. The minimum Gasteiger partial charge on any atom is -0.395 e. The zero-order valence-corrected chi connectivity index (χ0v) is 7.86.